The second-order valence-corrected chi connectivity index (χ2v) is 3.16. The monoisotopic (exact) mass is 144 g/mol. The van der Waals surface area contributed by atoms with Gasteiger partial charge in [0.05, 0.1) is 5.92 Å². The van der Waals surface area contributed by atoms with Gasteiger partial charge in [0, 0.05) is 12.6 Å². The van der Waals surface area contributed by atoms with E-state index in [-0.39, 0.29) is 11.8 Å². The molecule has 0 aliphatic rings. The average Bonchev–Trinajstić information content (AvgIpc) is 1.83. The van der Waals surface area contributed by atoms with Gasteiger partial charge in [-0.2, -0.15) is 0 Å². The normalized spacial score (nSPS) is 14.5. The molecule has 3 heteroatoms. The Morgan fingerprint density at radius 1 is 1.60 bits per heavy atom. The Balaban J connectivity index is 4.08. The molecule has 3 nitrogen and oxygen atoms in total. The molecule has 0 heterocycles. The minimum Gasteiger partial charge on any atom is -0.359 e. The molecule has 0 bridgehead atoms. The lowest BCUT2D eigenvalue weighted by molar-refractivity contribution is -0.125. The van der Waals surface area contributed by atoms with Crippen LogP contribution in [0.1, 0.15) is 20.8 Å². The van der Waals surface area contributed by atoms with Crippen molar-refractivity contribution in [1.82, 2.24) is 5.32 Å². The second kappa shape index (κ2) is 3.01. The Morgan fingerprint density at radius 3 is 2.10 bits per heavy atom. The molecule has 60 valence electrons. The van der Waals surface area contributed by atoms with Gasteiger partial charge in [-0.15, -0.1) is 0 Å². The molecule has 0 spiro atoms. The van der Waals surface area contributed by atoms with Crippen molar-refractivity contribution in [2.45, 2.75) is 26.3 Å². The summed E-state index contributed by atoms with van der Waals surface area (Å²) in [5, 5.41) is 2.55. The summed E-state index contributed by atoms with van der Waals surface area (Å²) in [6.45, 7) is 5.50. The smallest absolute Gasteiger partial charge is 0.224 e. The molecule has 1 atom stereocenters. The maximum Gasteiger partial charge on any atom is 0.224 e. The van der Waals surface area contributed by atoms with Gasteiger partial charge in [-0.1, -0.05) is 6.92 Å². The molecule has 0 rings (SSSR count). The summed E-state index contributed by atoms with van der Waals surface area (Å²) in [6.07, 6.45) is 0. The highest BCUT2D eigenvalue weighted by Gasteiger charge is 2.25. The molecule has 1 unspecified atom stereocenters. The van der Waals surface area contributed by atoms with E-state index in [2.05, 4.69) is 5.32 Å². The number of nitrogens with one attached hydrogen (secondary N) is 1. The highest BCUT2D eigenvalue weighted by atomic mass is 16.1. The third kappa shape index (κ3) is 2.35. The lowest BCUT2D eigenvalue weighted by Crippen LogP contribution is -2.46. The van der Waals surface area contributed by atoms with Crippen LogP contribution in [0.2, 0.25) is 0 Å². The molecular weight excluding hydrogens is 128 g/mol. The van der Waals surface area contributed by atoms with Crippen LogP contribution < -0.4 is 11.1 Å². The van der Waals surface area contributed by atoms with Crippen molar-refractivity contribution in [3.8, 4) is 0 Å². The van der Waals surface area contributed by atoms with Crippen LogP contribution in [0.5, 0.6) is 0 Å². The summed E-state index contributed by atoms with van der Waals surface area (Å²) in [7, 11) is 1.62. The summed E-state index contributed by atoms with van der Waals surface area (Å²) in [4.78, 5) is 11.0. The minimum absolute atomic E-state index is 0.00694. The minimum atomic E-state index is -0.430. The molecule has 0 aromatic heterocycles. The van der Waals surface area contributed by atoms with Crippen LogP contribution in [-0.4, -0.2) is 18.5 Å². The van der Waals surface area contributed by atoms with Gasteiger partial charge >= 0.3 is 0 Å². The molecule has 0 saturated carbocycles. The molecule has 0 aliphatic carbocycles. The molecule has 0 fully saturated rings. The van der Waals surface area contributed by atoms with Crippen molar-refractivity contribution >= 4 is 5.91 Å². The van der Waals surface area contributed by atoms with Crippen LogP contribution in [0.3, 0.4) is 0 Å². The summed E-state index contributed by atoms with van der Waals surface area (Å²) < 4.78 is 0. The molecule has 1 amide bonds. The van der Waals surface area contributed by atoms with Crippen LogP contribution in [0, 0.1) is 5.92 Å². The number of hydrogen-bond acceptors (Lipinski definition) is 2. The van der Waals surface area contributed by atoms with E-state index in [0.29, 0.717) is 0 Å². The number of hydrogen-bond donors (Lipinski definition) is 2. The van der Waals surface area contributed by atoms with Crippen LogP contribution in [-0.2, 0) is 4.79 Å². The highest BCUT2D eigenvalue weighted by molar-refractivity contribution is 5.79. The predicted octanol–water partition coefficient (Wildman–Crippen LogP) is 0.106. The fourth-order valence-electron chi connectivity index (χ4n) is 0.554. The molecule has 0 radical (unpaired) electrons. The van der Waals surface area contributed by atoms with Crippen molar-refractivity contribution in [2.24, 2.45) is 11.7 Å². The van der Waals surface area contributed by atoms with E-state index in [0.717, 1.165) is 0 Å². The van der Waals surface area contributed by atoms with E-state index in [1.165, 1.54) is 0 Å². The van der Waals surface area contributed by atoms with E-state index in [4.69, 9.17) is 5.73 Å². The van der Waals surface area contributed by atoms with Crippen LogP contribution >= 0.6 is 0 Å². The van der Waals surface area contributed by atoms with E-state index in [1.807, 2.05) is 20.8 Å². The Labute approximate surface area is 62.0 Å². The summed E-state index contributed by atoms with van der Waals surface area (Å²) in [6, 6.07) is 0. The first kappa shape index (κ1) is 9.43. The molecule has 0 aromatic carbocycles. The second-order valence-electron chi connectivity index (χ2n) is 3.16. The molecule has 0 saturated heterocycles. The molecule has 10 heavy (non-hydrogen) atoms. The summed E-state index contributed by atoms with van der Waals surface area (Å²) in [5.41, 5.74) is 5.26. The number of carbonyl (C=O) groups is 1. The Kier molecular flexibility index (Phi) is 2.84. The van der Waals surface area contributed by atoms with Crippen molar-refractivity contribution in [1.29, 1.82) is 0 Å². The number of amides is 1. The third-order valence-electron chi connectivity index (χ3n) is 1.76. The van der Waals surface area contributed by atoms with Gasteiger partial charge in [0.25, 0.3) is 0 Å². The van der Waals surface area contributed by atoms with Gasteiger partial charge in [0.2, 0.25) is 5.91 Å². The van der Waals surface area contributed by atoms with Crippen LogP contribution in [0.4, 0.5) is 0 Å². The maximum absolute atomic E-state index is 11.0. The lowest BCUT2D eigenvalue weighted by Gasteiger charge is -2.25. The average molecular weight is 144 g/mol. The van der Waals surface area contributed by atoms with Crippen molar-refractivity contribution in [3.05, 3.63) is 0 Å². The number of rotatable bonds is 2. The van der Waals surface area contributed by atoms with Crippen molar-refractivity contribution in [2.75, 3.05) is 7.05 Å². The van der Waals surface area contributed by atoms with E-state index in [9.17, 15) is 4.79 Å². The summed E-state index contributed by atoms with van der Waals surface area (Å²) in [5.74, 6) is -0.148. The number of carbonyl (C=O) groups excluding carboxylic acids is 1. The maximum atomic E-state index is 11.0. The van der Waals surface area contributed by atoms with Crippen LogP contribution in [0.25, 0.3) is 0 Å². The molecular formula is C7H16N2O. The van der Waals surface area contributed by atoms with Gasteiger partial charge in [-0.3, -0.25) is 4.79 Å². The van der Waals surface area contributed by atoms with Gasteiger partial charge in [-0.05, 0) is 13.8 Å². The van der Waals surface area contributed by atoms with E-state index < -0.39 is 5.54 Å². The van der Waals surface area contributed by atoms with Crippen molar-refractivity contribution < 1.29 is 4.79 Å². The standard InChI is InChI=1S/C7H16N2O/c1-5(6(10)9-4)7(2,3)8/h5H,8H2,1-4H3,(H,9,10). The van der Waals surface area contributed by atoms with Gasteiger partial charge < -0.3 is 11.1 Å². The Hall–Kier alpha value is -0.570. The van der Waals surface area contributed by atoms with Crippen molar-refractivity contribution in [3.63, 3.8) is 0 Å². The first-order valence-corrected chi connectivity index (χ1v) is 3.40. The first-order chi connectivity index (χ1) is 4.39. The van der Waals surface area contributed by atoms with Gasteiger partial charge in [-0.25, -0.2) is 0 Å². The zero-order valence-electron chi connectivity index (χ0n) is 7.06. The predicted molar refractivity (Wildman–Crippen MR) is 41.5 cm³/mol. The zero-order chi connectivity index (χ0) is 8.36. The zero-order valence-corrected chi connectivity index (χ0v) is 7.06. The Bertz CT molecular complexity index is 126. The summed E-state index contributed by atoms with van der Waals surface area (Å²) >= 11 is 0. The topological polar surface area (TPSA) is 55.1 Å². The third-order valence-corrected chi connectivity index (χ3v) is 1.76. The molecule has 0 aromatic rings. The molecule has 3 N–H and O–H groups in total. The van der Waals surface area contributed by atoms with E-state index >= 15 is 0 Å². The van der Waals surface area contributed by atoms with Gasteiger partial charge in [0.15, 0.2) is 0 Å². The number of nitrogens with two attached hydrogens (primary N) is 1. The SMILES string of the molecule is CNC(=O)C(C)C(C)(C)N. The van der Waals surface area contributed by atoms with Gasteiger partial charge in [0.1, 0.15) is 0 Å². The fourth-order valence-corrected chi connectivity index (χ4v) is 0.554. The Morgan fingerprint density at radius 2 is 2.00 bits per heavy atom. The largest absolute Gasteiger partial charge is 0.359 e. The van der Waals surface area contributed by atoms with Crippen LogP contribution in [0.15, 0.2) is 0 Å². The lowest BCUT2D eigenvalue weighted by atomic mass is 9.90. The quantitative estimate of drug-likeness (QED) is 0.577. The first-order valence-electron chi connectivity index (χ1n) is 3.40. The fraction of sp³-hybridized carbons (Fsp3) is 0.857. The highest BCUT2D eigenvalue weighted by Crippen LogP contribution is 2.11. The van der Waals surface area contributed by atoms with E-state index in [1.54, 1.807) is 7.05 Å². The molecule has 0 aliphatic heterocycles.